The first kappa shape index (κ1) is 22.3. The van der Waals surface area contributed by atoms with Crippen LogP contribution in [0.15, 0.2) is 77.7 Å². The third-order valence-electron chi connectivity index (χ3n) is 5.27. The zero-order valence-electron chi connectivity index (χ0n) is 16.7. The predicted octanol–water partition coefficient (Wildman–Crippen LogP) is 3.43. The Bertz CT molecular complexity index is 1270. The van der Waals surface area contributed by atoms with E-state index in [1.165, 1.54) is 28.6 Å². The summed E-state index contributed by atoms with van der Waals surface area (Å²) < 4.78 is 29.1. The summed E-state index contributed by atoms with van der Waals surface area (Å²) in [4.78, 5) is 24.2. The van der Waals surface area contributed by atoms with Crippen molar-refractivity contribution in [1.29, 1.82) is 0 Å². The summed E-state index contributed by atoms with van der Waals surface area (Å²) in [5.41, 5.74) is 2.15. The molecule has 0 saturated heterocycles. The van der Waals surface area contributed by atoms with Gasteiger partial charge in [0, 0.05) is 16.5 Å². The van der Waals surface area contributed by atoms with E-state index in [1.807, 2.05) is 12.1 Å². The lowest BCUT2D eigenvalue weighted by atomic mass is 10.1. The second-order valence-electron chi connectivity index (χ2n) is 7.32. The van der Waals surface area contributed by atoms with Crippen molar-refractivity contribution in [2.45, 2.75) is 23.9 Å². The van der Waals surface area contributed by atoms with Crippen LogP contribution in [0.4, 0.5) is 5.69 Å². The fourth-order valence-corrected chi connectivity index (χ4v) is 5.66. The zero-order valence-corrected chi connectivity index (χ0v) is 19.7. The van der Waals surface area contributed by atoms with Gasteiger partial charge in [0.2, 0.25) is 5.91 Å². The number of sulfonamides is 1. The average molecular weight is 562 g/mol. The van der Waals surface area contributed by atoms with E-state index in [2.05, 4.69) is 27.9 Å². The molecule has 0 aliphatic carbocycles. The topological polar surface area (TPSA) is 104 Å². The third kappa shape index (κ3) is 4.35. The van der Waals surface area contributed by atoms with Crippen molar-refractivity contribution >= 4 is 50.2 Å². The number of anilines is 1. The van der Waals surface area contributed by atoms with Gasteiger partial charge in [0.25, 0.3) is 10.0 Å². The van der Waals surface area contributed by atoms with Crippen LogP contribution in [0.2, 0.25) is 0 Å². The number of amides is 1. The molecule has 2 N–H and O–H groups in total. The Morgan fingerprint density at radius 3 is 2.31 bits per heavy atom. The third-order valence-corrected chi connectivity index (χ3v) is 7.82. The van der Waals surface area contributed by atoms with Crippen LogP contribution in [-0.4, -0.2) is 31.4 Å². The molecule has 3 aromatic carbocycles. The van der Waals surface area contributed by atoms with Crippen LogP contribution < -0.4 is 9.62 Å². The van der Waals surface area contributed by atoms with Gasteiger partial charge in [0.05, 0.1) is 16.1 Å². The number of aromatic carboxylic acids is 1. The van der Waals surface area contributed by atoms with Crippen LogP contribution in [0.1, 0.15) is 21.5 Å². The molecule has 9 heteroatoms. The van der Waals surface area contributed by atoms with Crippen LogP contribution in [0.5, 0.6) is 0 Å². The van der Waals surface area contributed by atoms with Crippen molar-refractivity contribution in [2.75, 3.05) is 4.31 Å². The predicted molar refractivity (Wildman–Crippen MR) is 128 cm³/mol. The second kappa shape index (κ2) is 8.91. The Labute approximate surface area is 199 Å². The Morgan fingerprint density at radius 2 is 1.66 bits per heavy atom. The molecule has 0 aromatic heterocycles. The van der Waals surface area contributed by atoms with E-state index >= 15 is 0 Å². The summed E-state index contributed by atoms with van der Waals surface area (Å²) in [6.45, 7) is 0.156. The van der Waals surface area contributed by atoms with Gasteiger partial charge < -0.3 is 10.4 Å². The molecule has 1 aliphatic heterocycles. The molecule has 0 saturated carbocycles. The molecule has 1 amide bonds. The van der Waals surface area contributed by atoms with Gasteiger partial charge in [-0.3, -0.25) is 9.10 Å². The molecule has 0 bridgehead atoms. The largest absolute Gasteiger partial charge is 0.478 e. The normalized spacial score (nSPS) is 15.3. The molecule has 7 nitrogen and oxygen atoms in total. The Kier molecular flexibility index (Phi) is 6.20. The van der Waals surface area contributed by atoms with Crippen LogP contribution in [0, 0.1) is 3.57 Å². The Balaban J connectivity index is 1.60. The maximum absolute atomic E-state index is 13.5. The van der Waals surface area contributed by atoms with Crippen LogP contribution in [0.25, 0.3) is 0 Å². The van der Waals surface area contributed by atoms with Gasteiger partial charge in [-0.2, -0.15) is 0 Å². The molecule has 32 heavy (non-hydrogen) atoms. The van der Waals surface area contributed by atoms with E-state index in [1.54, 1.807) is 36.4 Å². The summed E-state index contributed by atoms with van der Waals surface area (Å²) in [7, 11) is -3.96. The average Bonchev–Trinajstić information content (AvgIpc) is 3.18. The SMILES string of the molecule is O=C(O)c1ccc(CNC(=O)[C@@H]2Cc3ccccc3N2S(=O)(=O)c2ccc(I)cc2)cc1. The van der Waals surface area contributed by atoms with Gasteiger partial charge in [0.1, 0.15) is 6.04 Å². The summed E-state index contributed by atoms with van der Waals surface area (Å²) in [5.74, 6) is -1.45. The fourth-order valence-electron chi connectivity index (χ4n) is 3.65. The van der Waals surface area contributed by atoms with Gasteiger partial charge in [-0.1, -0.05) is 30.3 Å². The number of nitrogens with zero attached hydrogens (tertiary/aromatic N) is 1. The molecule has 0 spiro atoms. The summed E-state index contributed by atoms with van der Waals surface area (Å²) in [6, 6.07) is 18.8. The standard InChI is InChI=1S/C23H19IN2O5S/c24-18-9-11-19(12-10-18)32(30,31)26-20-4-2-1-3-17(20)13-21(26)22(27)25-14-15-5-7-16(8-6-15)23(28)29/h1-12,21H,13-14H2,(H,25,27)(H,28,29)/t21-/m0/s1. The molecule has 0 radical (unpaired) electrons. The highest BCUT2D eigenvalue weighted by atomic mass is 127. The lowest BCUT2D eigenvalue weighted by Crippen LogP contribution is -2.47. The van der Waals surface area contributed by atoms with E-state index in [0.29, 0.717) is 11.3 Å². The fraction of sp³-hybridized carbons (Fsp3) is 0.130. The van der Waals surface area contributed by atoms with Gasteiger partial charge in [-0.15, -0.1) is 0 Å². The highest BCUT2D eigenvalue weighted by Gasteiger charge is 2.42. The van der Waals surface area contributed by atoms with Crippen molar-refractivity contribution < 1.29 is 23.1 Å². The van der Waals surface area contributed by atoms with Crippen molar-refractivity contribution in [3.63, 3.8) is 0 Å². The summed E-state index contributed by atoms with van der Waals surface area (Å²) in [5, 5.41) is 11.8. The molecular weight excluding hydrogens is 543 g/mol. The maximum atomic E-state index is 13.5. The van der Waals surface area contributed by atoms with E-state index in [9.17, 15) is 18.0 Å². The number of benzene rings is 3. The van der Waals surface area contributed by atoms with Crippen molar-refractivity contribution in [3.8, 4) is 0 Å². The first-order chi connectivity index (χ1) is 15.3. The number of rotatable bonds is 6. The maximum Gasteiger partial charge on any atom is 0.335 e. The smallest absolute Gasteiger partial charge is 0.335 e. The molecule has 4 rings (SSSR count). The van der Waals surface area contributed by atoms with E-state index in [-0.39, 0.29) is 23.4 Å². The van der Waals surface area contributed by atoms with Gasteiger partial charge in [-0.25, -0.2) is 13.2 Å². The lowest BCUT2D eigenvalue weighted by molar-refractivity contribution is -0.122. The summed E-state index contributed by atoms with van der Waals surface area (Å²) in [6.07, 6.45) is 0.267. The molecule has 164 valence electrons. The number of para-hydroxylation sites is 1. The number of hydrogen-bond donors (Lipinski definition) is 2. The molecule has 0 fully saturated rings. The monoisotopic (exact) mass is 562 g/mol. The lowest BCUT2D eigenvalue weighted by Gasteiger charge is -2.26. The van der Waals surface area contributed by atoms with Crippen LogP contribution in [0.3, 0.4) is 0 Å². The highest BCUT2D eigenvalue weighted by molar-refractivity contribution is 14.1. The van der Waals surface area contributed by atoms with Crippen LogP contribution in [-0.2, 0) is 27.8 Å². The minimum Gasteiger partial charge on any atom is -0.478 e. The zero-order chi connectivity index (χ0) is 22.9. The van der Waals surface area contributed by atoms with Crippen molar-refractivity contribution in [1.82, 2.24) is 5.32 Å². The number of hydrogen-bond acceptors (Lipinski definition) is 4. The quantitative estimate of drug-likeness (QED) is 0.449. The molecule has 1 aliphatic rings. The first-order valence-electron chi connectivity index (χ1n) is 9.75. The first-order valence-corrected chi connectivity index (χ1v) is 12.3. The highest BCUT2D eigenvalue weighted by Crippen LogP contribution is 2.37. The van der Waals surface area contributed by atoms with Gasteiger partial charge in [-0.05, 0) is 76.2 Å². The number of carboxylic acids is 1. The Hall–Kier alpha value is -2.92. The van der Waals surface area contributed by atoms with E-state index in [4.69, 9.17) is 5.11 Å². The molecular formula is C23H19IN2O5S. The minimum atomic E-state index is -3.96. The number of fused-ring (bicyclic) bond motifs is 1. The van der Waals surface area contributed by atoms with Gasteiger partial charge >= 0.3 is 5.97 Å². The summed E-state index contributed by atoms with van der Waals surface area (Å²) >= 11 is 2.10. The number of halogens is 1. The van der Waals surface area contributed by atoms with Crippen molar-refractivity contribution in [3.05, 3.63) is 93.1 Å². The molecule has 1 heterocycles. The van der Waals surface area contributed by atoms with Gasteiger partial charge in [0.15, 0.2) is 0 Å². The number of carbonyl (C=O) groups is 2. The van der Waals surface area contributed by atoms with Crippen molar-refractivity contribution in [2.24, 2.45) is 0 Å². The number of carbonyl (C=O) groups excluding carboxylic acids is 1. The number of carboxylic acid groups (broad SMARTS) is 1. The van der Waals surface area contributed by atoms with Crippen LogP contribution >= 0.6 is 22.6 Å². The van der Waals surface area contributed by atoms with E-state index < -0.39 is 27.9 Å². The molecule has 0 unspecified atom stereocenters. The number of nitrogens with one attached hydrogen (secondary N) is 1. The van der Waals surface area contributed by atoms with E-state index in [0.717, 1.165) is 9.13 Å². The molecule has 1 atom stereocenters. The minimum absolute atomic E-state index is 0.122. The second-order valence-corrected chi connectivity index (χ2v) is 10.4. The molecule has 3 aromatic rings. The Morgan fingerprint density at radius 1 is 1.00 bits per heavy atom.